The Kier molecular flexibility index (Phi) is 4.83. The normalized spacial score (nSPS) is 17.2. The van der Waals surface area contributed by atoms with Crippen molar-refractivity contribution in [2.75, 3.05) is 0 Å². The topological polar surface area (TPSA) is 9.86 Å². The van der Waals surface area contributed by atoms with Gasteiger partial charge < -0.3 is 9.13 Å². The molecule has 2 heteroatoms. The molecule has 2 aromatic heterocycles. The van der Waals surface area contributed by atoms with Crippen molar-refractivity contribution >= 4 is 21.8 Å². The molecule has 39 heavy (non-hydrogen) atoms. The Morgan fingerprint density at radius 1 is 0.590 bits per heavy atom. The number of hydrogen-bond acceptors (Lipinski definition) is 0. The maximum absolute atomic E-state index is 2.52. The van der Waals surface area contributed by atoms with E-state index in [9.17, 15) is 0 Å². The summed E-state index contributed by atoms with van der Waals surface area (Å²) in [6.45, 7) is 4.62. The Bertz CT molecular complexity index is 1930. The molecule has 0 aliphatic heterocycles. The molecule has 192 valence electrons. The molecule has 2 unspecified atom stereocenters. The minimum atomic E-state index is 0.408. The second-order valence-corrected chi connectivity index (χ2v) is 11.9. The number of benzene rings is 4. The Morgan fingerprint density at radius 3 is 1.72 bits per heavy atom. The fraction of sp³-hybridized carbons (Fsp3) is 0.243. The van der Waals surface area contributed by atoms with E-state index in [-0.39, 0.29) is 0 Å². The summed E-state index contributed by atoms with van der Waals surface area (Å²) in [6.07, 6.45) is 2.27. The molecule has 2 aliphatic rings. The van der Waals surface area contributed by atoms with Crippen LogP contribution in [0, 0.1) is 0 Å². The van der Waals surface area contributed by atoms with Crippen LogP contribution in [-0.4, -0.2) is 9.13 Å². The number of para-hydroxylation sites is 2. The molecule has 0 radical (unpaired) electrons. The molecule has 0 fully saturated rings. The number of aryl methyl sites for hydroxylation is 2. The van der Waals surface area contributed by atoms with Crippen LogP contribution in [0.5, 0.6) is 0 Å². The van der Waals surface area contributed by atoms with Gasteiger partial charge in [-0.15, -0.1) is 0 Å². The molecule has 0 saturated heterocycles. The van der Waals surface area contributed by atoms with Crippen molar-refractivity contribution < 1.29 is 0 Å². The summed E-state index contributed by atoms with van der Waals surface area (Å²) in [5, 5.41) is 2.83. The van der Waals surface area contributed by atoms with Gasteiger partial charge in [-0.1, -0.05) is 92.7 Å². The average Bonchev–Trinajstić information content (AvgIpc) is 3.65. The van der Waals surface area contributed by atoms with Crippen LogP contribution in [0.3, 0.4) is 0 Å². The highest BCUT2D eigenvalue weighted by Gasteiger charge is 2.37. The third kappa shape index (κ3) is 3.03. The zero-order valence-corrected chi connectivity index (χ0v) is 23.2. The molecule has 0 spiro atoms. The van der Waals surface area contributed by atoms with E-state index in [1.54, 1.807) is 0 Å². The van der Waals surface area contributed by atoms with Crippen LogP contribution < -0.4 is 0 Å². The highest BCUT2D eigenvalue weighted by molar-refractivity contribution is 5.98. The van der Waals surface area contributed by atoms with Crippen molar-refractivity contribution in [1.82, 2.24) is 9.13 Å². The molecule has 0 saturated carbocycles. The quantitative estimate of drug-likeness (QED) is 0.225. The first-order valence-electron chi connectivity index (χ1n) is 14.4. The second kappa shape index (κ2) is 8.23. The van der Waals surface area contributed by atoms with Gasteiger partial charge in [0.1, 0.15) is 0 Å². The van der Waals surface area contributed by atoms with Crippen molar-refractivity contribution in [3.63, 3.8) is 0 Å². The Labute approximate surface area is 230 Å². The van der Waals surface area contributed by atoms with E-state index in [1.807, 2.05) is 0 Å². The fourth-order valence-electron chi connectivity index (χ4n) is 7.91. The zero-order valence-electron chi connectivity index (χ0n) is 23.2. The van der Waals surface area contributed by atoms with Crippen molar-refractivity contribution in [2.45, 2.75) is 44.4 Å². The Hall–Kier alpha value is -4.04. The average molecular weight is 507 g/mol. The lowest BCUT2D eigenvalue weighted by molar-refractivity contribution is 0.629. The number of nitrogens with zero attached hydrogens (tertiary/aromatic N) is 2. The predicted octanol–water partition coefficient (Wildman–Crippen LogP) is 9.50. The van der Waals surface area contributed by atoms with Crippen LogP contribution in [0.1, 0.15) is 72.3 Å². The Morgan fingerprint density at radius 2 is 1.10 bits per heavy atom. The smallest absolute Gasteiger partial charge is 0.0530 e. The molecule has 2 atom stereocenters. The predicted molar refractivity (Wildman–Crippen MR) is 164 cm³/mol. The van der Waals surface area contributed by atoms with Crippen LogP contribution in [0.4, 0.5) is 0 Å². The van der Waals surface area contributed by atoms with Crippen molar-refractivity contribution in [3.8, 4) is 22.5 Å². The van der Waals surface area contributed by atoms with E-state index in [0.29, 0.717) is 17.8 Å². The van der Waals surface area contributed by atoms with Gasteiger partial charge in [0.25, 0.3) is 0 Å². The summed E-state index contributed by atoms with van der Waals surface area (Å²) in [7, 11) is 4.49. The molecule has 2 aliphatic carbocycles. The van der Waals surface area contributed by atoms with Crippen LogP contribution in [0.25, 0.3) is 44.3 Å². The summed E-state index contributed by atoms with van der Waals surface area (Å²) in [6, 6.07) is 34.4. The summed E-state index contributed by atoms with van der Waals surface area (Å²) in [4.78, 5) is 0. The summed E-state index contributed by atoms with van der Waals surface area (Å²) in [5.41, 5.74) is 15.9. The lowest BCUT2D eigenvalue weighted by atomic mass is 9.83. The van der Waals surface area contributed by atoms with E-state index in [1.165, 1.54) is 72.1 Å². The van der Waals surface area contributed by atoms with Gasteiger partial charge in [-0.2, -0.15) is 0 Å². The summed E-state index contributed by atoms with van der Waals surface area (Å²) < 4.78 is 4.86. The Balaban J connectivity index is 1.28. The third-order valence-corrected chi connectivity index (χ3v) is 9.70. The second-order valence-electron chi connectivity index (χ2n) is 11.9. The molecule has 0 amide bonds. The standard InChI is InChI=1S/C37H34N2/c1-22(2)23-17-18-28-31(21-23)26(35-30-14-8-10-16-33(30)39(4)37(28)35)20-19-25-24-11-5-6-12-27(24)36-34(25)29-13-7-9-15-32(29)38(36)3/h5-18,21-22,25-26H,19-20H2,1-4H3. The molecule has 4 aromatic carbocycles. The van der Waals surface area contributed by atoms with Gasteiger partial charge in [-0.3, -0.25) is 0 Å². The molecule has 6 aromatic rings. The van der Waals surface area contributed by atoms with Gasteiger partial charge in [0.15, 0.2) is 0 Å². The summed E-state index contributed by atoms with van der Waals surface area (Å²) in [5.74, 6) is 1.35. The van der Waals surface area contributed by atoms with Gasteiger partial charge >= 0.3 is 0 Å². The zero-order chi connectivity index (χ0) is 26.4. The van der Waals surface area contributed by atoms with Gasteiger partial charge in [-0.25, -0.2) is 0 Å². The van der Waals surface area contributed by atoms with Gasteiger partial charge in [0.2, 0.25) is 0 Å². The summed E-state index contributed by atoms with van der Waals surface area (Å²) >= 11 is 0. The van der Waals surface area contributed by atoms with Crippen molar-refractivity contribution in [3.05, 3.63) is 119 Å². The van der Waals surface area contributed by atoms with Gasteiger partial charge in [-0.05, 0) is 58.7 Å². The maximum atomic E-state index is 2.52. The first-order valence-corrected chi connectivity index (χ1v) is 14.4. The highest BCUT2D eigenvalue weighted by Crippen LogP contribution is 2.55. The first kappa shape index (κ1) is 22.9. The minimum Gasteiger partial charge on any atom is -0.343 e. The fourth-order valence-corrected chi connectivity index (χ4v) is 7.91. The largest absolute Gasteiger partial charge is 0.343 e. The van der Waals surface area contributed by atoms with Gasteiger partial charge in [0.05, 0.1) is 11.4 Å². The van der Waals surface area contributed by atoms with Crippen LogP contribution in [0.2, 0.25) is 0 Å². The minimum absolute atomic E-state index is 0.408. The number of aromatic nitrogens is 2. The maximum Gasteiger partial charge on any atom is 0.0530 e. The van der Waals surface area contributed by atoms with E-state index in [0.717, 1.165) is 12.8 Å². The number of fused-ring (bicyclic) bond motifs is 10. The number of hydrogen-bond donors (Lipinski definition) is 0. The van der Waals surface area contributed by atoms with E-state index in [4.69, 9.17) is 0 Å². The van der Waals surface area contributed by atoms with Crippen LogP contribution >= 0.6 is 0 Å². The van der Waals surface area contributed by atoms with E-state index >= 15 is 0 Å². The highest BCUT2D eigenvalue weighted by atomic mass is 15.0. The monoisotopic (exact) mass is 506 g/mol. The van der Waals surface area contributed by atoms with Crippen LogP contribution in [-0.2, 0) is 14.1 Å². The third-order valence-electron chi connectivity index (χ3n) is 9.70. The van der Waals surface area contributed by atoms with E-state index < -0.39 is 0 Å². The lowest BCUT2D eigenvalue weighted by Crippen LogP contribution is -2.03. The van der Waals surface area contributed by atoms with Crippen LogP contribution in [0.15, 0.2) is 91.0 Å². The SMILES string of the molecule is CC(C)c1ccc2c(c1)C(CCC1c3ccccc3-c3c1c1ccccc1n3C)c1c-2n(C)c2ccccc12. The molecule has 2 nitrogen and oxygen atoms in total. The van der Waals surface area contributed by atoms with Gasteiger partial charge in [0, 0.05) is 58.9 Å². The van der Waals surface area contributed by atoms with Crippen molar-refractivity contribution in [1.29, 1.82) is 0 Å². The lowest BCUT2D eigenvalue weighted by Gasteiger charge is -2.20. The molecular formula is C37H34N2. The van der Waals surface area contributed by atoms with Crippen molar-refractivity contribution in [2.24, 2.45) is 14.1 Å². The first-order chi connectivity index (χ1) is 19.0. The molecule has 0 N–H and O–H groups in total. The number of rotatable bonds is 4. The molecule has 8 rings (SSSR count). The molecule has 2 heterocycles. The molecule has 0 bridgehead atoms. The molecular weight excluding hydrogens is 472 g/mol. The van der Waals surface area contributed by atoms with E-state index in [2.05, 4.69) is 128 Å².